The zero-order chi connectivity index (χ0) is 14.3. The first kappa shape index (κ1) is 13.9. The predicted octanol–water partition coefficient (Wildman–Crippen LogP) is 5.31. The fourth-order valence-corrected chi connectivity index (χ4v) is 2.76. The molecule has 0 fully saturated rings. The molecular weight excluding hydrogens is 408 g/mol. The maximum absolute atomic E-state index is 12.6. The second-order valence-corrected chi connectivity index (χ2v) is 6.36. The van der Waals surface area contributed by atoms with Crippen LogP contribution in [0.25, 0.3) is 10.9 Å². The van der Waals surface area contributed by atoms with Gasteiger partial charge in [0.25, 0.3) is 0 Å². The van der Waals surface area contributed by atoms with E-state index in [0.29, 0.717) is 21.2 Å². The monoisotopic (exact) mass is 415 g/mol. The zero-order valence-corrected chi connectivity index (χ0v) is 13.8. The van der Waals surface area contributed by atoms with E-state index in [0.717, 1.165) is 14.5 Å². The summed E-state index contributed by atoms with van der Waals surface area (Å²) in [5.74, 6) is -0.0724. The van der Waals surface area contributed by atoms with Gasteiger partial charge in [0.1, 0.15) is 0 Å². The molecule has 0 radical (unpaired) electrons. The van der Waals surface area contributed by atoms with Gasteiger partial charge in [-0.3, -0.25) is 4.79 Å². The molecule has 2 nitrogen and oxygen atoms in total. The summed E-state index contributed by atoms with van der Waals surface area (Å²) in [4.78, 5) is 15.7. The first-order chi connectivity index (χ1) is 9.56. The molecule has 0 spiro atoms. The van der Waals surface area contributed by atoms with Gasteiger partial charge in [0.15, 0.2) is 5.78 Å². The van der Waals surface area contributed by atoms with E-state index >= 15 is 0 Å². The summed E-state index contributed by atoms with van der Waals surface area (Å²) in [6, 6.07) is 10.7. The Bertz CT molecular complexity index is 826. The number of carbonyl (C=O) groups is 1. The minimum absolute atomic E-state index is 0.0724. The molecule has 3 aromatic rings. The van der Waals surface area contributed by atoms with Gasteiger partial charge >= 0.3 is 0 Å². The molecule has 0 bridgehead atoms. The molecule has 20 heavy (non-hydrogen) atoms. The number of aromatic nitrogens is 1. The van der Waals surface area contributed by atoms with Crippen molar-refractivity contribution in [3.63, 3.8) is 0 Å². The van der Waals surface area contributed by atoms with Crippen molar-refractivity contribution in [3.8, 4) is 0 Å². The number of rotatable bonds is 2. The summed E-state index contributed by atoms with van der Waals surface area (Å²) < 4.78 is 0.919. The van der Waals surface area contributed by atoms with Gasteiger partial charge in [-0.15, -0.1) is 0 Å². The molecule has 1 N–H and O–H groups in total. The fraction of sp³-hybridized carbons (Fsp3) is 0. The van der Waals surface area contributed by atoms with E-state index in [2.05, 4.69) is 27.6 Å². The van der Waals surface area contributed by atoms with E-state index in [4.69, 9.17) is 23.2 Å². The van der Waals surface area contributed by atoms with Crippen LogP contribution < -0.4 is 0 Å². The number of halogens is 3. The summed E-state index contributed by atoms with van der Waals surface area (Å²) in [5, 5.41) is 2.00. The summed E-state index contributed by atoms with van der Waals surface area (Å²) in [6.07, 6.45) is 1.70. The SMILES string of the molecule is O=C(c1ccc(I)c(Cl)c1)c1c[nH]c2ccc(Cl)cc12. The summed E-state index contributed by atoms with van der Waals surface area (Å²) in [5.41, 5.74) is 2.05. The van der Waals surface area contributed by atoms with Crippen LogP contribution in [0.15, 0.2) is 42.6 Å². The molecule has 0 saturated heterocycles. The average Bonchev–Trinajstić information content (AvgIpc) is 2.84. The standard InChI is InChI=1S/C15H8Cl2INO/c16-9-2-4-14-10(6-9)11(7-19-14)15(20)8-1-3-13(18)12(17)5-8/h1-7,19H. The molecular formula is C15H8Cl2INO. The van der Waals surface area contributed by atoms with E-state index < -0.39 is 0 Å². The maximum Gasteiger partial charge on any atom is 0.195 e. The first-order valence-corrected chi connectivity index (χ1v) is 7.66. The molecule has 0 unspecified atom stereocenters. The third-order valence-electron chi connectivity index (χ3n) is 3.07. The second-order valence-electron chi connectivity index (χ2n) is 4.35. The number of hydrogen-bond donors (Lipinski definition) is 1. The summed E-state index contributed by atoms with van der Waals surface area (Å²) >= 11 is 14.2. The highest BCUT2D eigenvalue weighted by Gasteiger charge is 2.15. The first-order valence-electron chi connectivity index (χ1n) is 5.82. The molecule has 0 aliphatic carbocycles. The normalized spacial score (nSPS) is 10.9. The van der Waals surface area contributed by atoms with Crippen LogP contribution in [-0.2, 0) is 0 Å². The number of ketones is 1. The molecule has 0 saturated carbocycles. The topological polar surface area (TPSA) is 32.9 Å². The van der Waals surface area contributed by atoms with Crippen LogP contribution in [0.5, 0.6) is 0 Å². The van der Waals surface area contributed by atoms with Crippen molar-refractivity contribution in [3.05, 3.63) is 67.3 Å². The van der Waals surface area contributed by atoms with Crippen LogP contribution in [0.4, 0.5) is 0 Å². The quantitative estimate of drug-likeness (QED) is 0.446. The number of hydrogen-bond acceptors (Lipinski definition) is 1. The van der Waals surface area contributed by atoms with Crippen LogP contribution in [0, 0.1) is 3.57 Å². The van der Waals surface area contributed by atoms with Gasteiger partial charge in [-0.25, -0.2) is 0 Å². The lowest BCUT2D eigenvalue weighted by Crippen LogP contribution is -2.00. The van der Waals surface area contributed by atoms with Crippen molar-refractivity contribution >= 4 is 62.5 Å². The van der Waals surface area contributed by atoms with Crippen LogP contribution in [-0.4, -0.2) is 10.8 Å². The fourth-order valence-electron chi connectivity index (χ4n) is 2.07. The smallest absolute Gasteiger partial charge is 0.195 e. The third kappa shape index (κ3) is 2.45. The molecule has 3 rings (SSSR count). The molecule has 0 atom stereocenters. The highest BCUT2D eigenvalue weighted by molar-refractivity contribution is 14.1. The van der Waals surface area contributed by atoms with Crippen molar-refractivity contribution in [2.24, 2.45) is 0 Å². The van der Waals surface area contributed by atoms with Gasteiger partial charge in [-0.2, -0.15) is 0 Å². The second kappa shape index (κ2) is 5.39. The predicted molar refractivity (Wildman–Crippen MR) is 90.9 cm³/mol. The minimum atomic E-state index is -0.0724. The van der Waals surface area contributed by atoms with Crippen LogP contribution in [0.3, 0.4) is 0 Å². The highest BCUT2D eigenvalue weighted by Crippen LogP contribution is 2.26. The van der Waals surface area contributed by atoms with Gasteiger partial charge in [-0.05, 0) is 59.0 Å². The molecule has 1 heterocycles. The van der Waals surface area contributed by atoms with Gasteiger partial charge in [0.2, 0.25) is 0 Å². The van der Waals surface area contributed by atoms with E-state index in [9.17, 15) is 4.79 Å². The largest absolute Gasteiger partial charge is 0.360 e. The van der Waals surface area contributed by atoms with Gasteiger partial charge in [-0.1, -0.05) is 23.2 Å². The lowest BCUT2D eigenvalue weighted by molar-refractivity contribution is 0.104. The van der Waals surface area contributed by atoms with E-state index in [1.807, 2.05) is 12.1 Å². The summed E-state index contributed by atoms with van der Waals surface area (Å²) in [6.45, 7) is 0. The van der Waals surface area contributed by atoms with Crippen molar-refractivity contribution in [2.75, 3.05) is 0 Å². The number of benzene rings is 2. The van der Waals surface area contributed by atoms with Crippen LogP contribution >= 0.6 is 45.8 Å². The Kier molecular flexibility index (Phi) is 3.75. The zero-order valence-electron chi connectivity index (χ0n) is 10.1. The van der Waals surface area contributed by atoms with Gasteiger partial charge in [0, 0.05) is 36.8 Å². The molecule has 0 aliphatic rings. The Labute approximate surface area is 139 Å². The molecule has 5 heteroatoms. The Morgan fingerprint density at radius 2 is 1.90 bits per heavy atom. The number of carbonyl (C=O) groups excluding carboxylic acids is 1. The number of H-pyrrole nitrogens is 1. The number of aromatic amines is 1. The molecule has 0 amide bonds. The van der Waals surface area contributed by atoms with Crippen molar-refractivity contribution in [1.29, 1.82) is 0 Å². The van der Waals surface area contributed by atoms with Crippen LogP contribution in [0.1, 0.15) is 15.9 Å². The third-order valence-corrected chi connectivity index (χ3v) is 4.88. The highest BCUT2D eigenvalue weighted by atomic mass is 127. The molecule has 100 valence electrons. The molecule has 1 aromatic heterocycles. The lowest BCUT2D eigenvalue weighted by atomic mass is 10.0. The average molecular weight is 416 g/mol. The number of nitrogens with one attached hydrogen (secondary N) is 1. The Morgan fingerprint density at radius 1 is 1.10 bits per heavy atom. The Morgan fingerprint density at radius 3 is 2.65 bits per heavy atom. The van der Waals surface area contributed by atoms with Crippen molar-refractivity contribution in [2.45, 2.75) is 0 Å². The molecule has 2 aromatic carbocycles. The number of fused-ring (bicyclic) bond motifs is 1. The van der Waals surface area contributed by atoms with Gasteiger partial charge < -0.3 is 4.98 Å². The van der Waals surface area contributed by atoms with Gasteiger partial charge in [0.05, 0.1) is 5.02 Å². The Hall–Kier alpha value is -1.04. The lowest BCUT2D eigenvalue weighted by Gasteiger charge is -2.02. The van der Waals surface area contributed by atoms with Crippen molar-refractivity contribution < 1.29 is 4.79 Å². The van der Waals surface area contributed by atoms with E-state index in [1.165, 1.54) is 0 Å². The van der Waals surface area contributed by atoms with E-state index in [-0.39, 0.29) is 5.78 Å². The summed E-state index contributed by atoms with van der Waals surface area (Å²) in [7, 11) is 0. The van der Waals surface area contributed by atoms with E-state index in [1.54, 1.807) is 30.5 Å². The van der Waals surface area contributed by atoms with Crippen LogP contribution in [0.2, 0.25) is 10.0 Å². The van der Waals surface area contributed by atoms with Crippen molar-refractivity contribution in [1.82, 2.24) is 4.98 Å². The maximum atomic E-state index is 12.6. The Balaban J connectivity index is 2.12. The molecule has 0 aliphatic heterocycles. The minimum Gasteiger partial charge on any atom is -0.360 e.